The molecule has 0 unspecified atom stereocenters. The van der Waals surface area contributed by atoms with Gasteiger partial charge in [-0.1, -0.05) is 72.3 Å². The average Bonchev–Trinajstić information content (AvgIpc) is 3.43. The molecule has 1 aromatic heterocycles. The first-order chi connectivity index (χ1) is 18.9. The number of carbonyl (C=O) groups is 2. The Morgan fingerprint density at radius 3 is 2.08 bits per heavy atom. The van der Waals surface area contributed by atoms with Gasteiger partial charge < -0.3 is 4.74 Å². The van der Waals surface area contributed by atoms with Crippen LogP contribution in [0, 0.1) is 10.1 Å². The van der Waals surface area contributed by atoms with Crippen molar-refractivity contribution in [2.24, 2.45) is 0 Å². The van der Waals surface area contributed by atoms with E-state index in [9.17, 15) is 19.7 Å². The smallest absolute Gasteiger partial charge is 0.343 e. The molecule has 0 spiro atoms. The highest BCUT2D eigenvalue weighted by Gasteiger charge is 2.30. The third kappa shape index (κ3) is 5.61. The number of ketones is 1. The van der Waals surface area contributed by atoms with Gasteiger partial charge in [0.1, 0.15) is 11.3 Å². The summed E-state index contributed by atoms with van der Waals surface area (Å²) < 4.78 is 7.39. The van der Waals surface area contributed by atoms with Gasteiger partial charge in [-0.15, -0.1) is 0 Å². The molecule has 0 saturated heterocycles. The summed E-state index contributed by atoms with van der Waals surface area (Å²) in [4.78, 5) is 37.8. The number of nitro benzene ring substituents is 1. The molecule has 0 aliphatic carbocycles. The van der Waals surface area contributed by atoms with Crippen molar-refractivity contribution in [3.05, 3.63) is 147 Å². The number of non-ortho nitro benzene ring substituents is 1. The molecule has 0 bridgehead atoms. The van der Waals surface area contributed by atoms with Gasteiger partial charge in [0, 0.05) is 40.0 Å². The second-order valence-electron chi connectivity index (χ2n) is 8.54. The van der Waals surface area contributed by atoms with Crippen LogP contribution in [-0.4, -0.2) is 26.5 Å². The normalized spacial score (nSPS) is 11.5. The average molecular weight is 538 g/mol. The second kappa shape index (κ2) is 11.1. The number of benzene rings is 4. The topological polar surface area (TPSA) is 104 Å². The quantitative estimate of drug-likeness (QED) is 0.0924. The molecule has 0 radical (unpaired) electrons. The molecule has 0 N–H and O–H groups in total. The molecule has 192 valence electrons. The van der Waals surface area contributed by atoms with Gasteiger partial charge in [-0.2, -0.15) is 5.10 Å². The SMILES string of the molecule is O=C(O[C@@H](C(=O)c1ccccc1)c1ccc([N+](=O)[O-])cc1)c1cn(-c2ccccc2)nc1-c1ccc(Cl)cc1. The van der Waals surface area contributed by atoms with Crippen molar-refractivity contribution < 1.29 is 19.2 Å². The predicted molar refractivity (Wildman–Crippen MR) is 146 cm³/mol. The number of nitro groups is 1. The lowest BCUT2D eigenvalue weighted by Crippen LogP contribution is -2.20. The number of hydrogen-bond acceptors (Lipinski definition) is 6. The molecule has 5 aromatic rings. The molecule has 0 aliphatic heterocycles. The number of carbonyl (C=O) groups excluding carboxylic acids is 2. The molecule has 1 atom stereocenters. The lowest BCUT2D eigenvalue weighted by molar-refractivity contribution is -0.384. The van der Waals surface area contributed by atoms with E-state index >= 15 is 0 Å². The van der Waals surface area contributed by atoms with Crippen LogP contribution >= 0.6 is 11.6 Å². The van der Waals surface area contributed by atoms with Gasteiger partial charge in [-0.05, 0) is 36.4 Å². The highest BCUT2D eigenvalue weighted by Crippen LogP contribution is 2.30. The Labute approximate surface area is 228 Å². The number of para-hydroxylation sites is 1. The summed E-state index contributed by atoms with van der Waals surface area (Å²) in [6, 6.07) is 29.8. The summed E-state index contributed by atoms with van der Waals surface area (Å²) in [5, 5.41) is 16.3. The first-order valence-corrected chi connectivity index (χ1v) is 12.2. The van der Waals surface area contributed by atoms with Crippen molar-refractivity contribution >= 4 is 29.0 Å². The second-order valence-corrected chi connectivity index (χ2v) is 8.98. The largest absolute Gasteiger partial charge is 0.445 e. The Kier molecular flexibility index (Phi) is 7.29. The van der Waals surface area contributed by atoms with Crippen LogP contribution in [0.4, 0.5) is 5.69 Å². The summed E-state index contributed by atoms with van der Waals surface area (Å²) in [5.74, 6) is -1.25. The number of rotatable bonds is 8. The highest BCUT2D eigenvalue weighted by molar-refractivity contribution is 6.30. The summed E-state index contributed by atoms with van der Waals surface area (Å²) in [6.45, 7) is 0. The van der Waals surface area contributed by atoms with E-state index in [2.05, 4.69) is 5.10 Å². The standard InChI is InChI=1S/C30H20ClN3O5/c31-23-15-11-20(12-16-23)27-26(19-33(32-27)24-9-5-2-6-10-24)30(36)39-29(28(35)21-7-3-1-4-8-21)22-13-17-25(18-14-22)34(37)38/h1-19,29H/t29-/m1/s1. The Morgan fingerprint density at radius 1 is 0.846 bits per heavy atom. The minimum atomic E-state index is -1.35. The van der Waals surface area contributed by atoms with Crippen molar-refractivity contribution in [3.8, 4) is 16.9 Å². The van der Waals surface area contributed by atoms with E-state index in [4.69, 9.17) is 16.3 Å². The fourth-order valence-corrected chi connectivity index (χ4v) is 4.15. The van der Waals surface area contributed by atoms with Gasteiger partial charge in [0.25, 0.3) is 5.69 Å². The van der Waals surface area contributed by atoms with E-state index in [1.807, 2.05) is 30.3 Å². The fraction of sp³-hybridized carbons (Fsp3) is 0.0333. The molecule has 4 aromatic carbocycles. The van der Waals surface area contributed by atoms with Crippen molar-refractivity contribution in [2.45, 2.75) is 6.10 Å². The zero-order valence-corrected chi connectivity index (χ0v) is 21.1. The van der Waals surface area contributed by atoms with E-state index in [0.29, 0.717) is 27.4 Å². The Morgan fingerprint density at radius 2 is 1.46 bits per heavy atom. The monoisotopic (exact) mass is 537 g/mol. The maximum Gasteiger partial charge on any atom is 0.343 e. The summed E-state index contributed by atoms with van der Waals surface area (Å²) in [7, 11) is 0. The zero-order valence-electron chi connectivity index (χ0n) is 20.3. The lowest BCUT2D eigenvalue weighted by atomic mass is 9.99. The van der Waals surface area contributed by atoms with Gasteiger partial charge in [-0.3, -0.25) is 14.9 Å². The Hall–Kier alpha value is -5.08. The van der Waals surface area contributed by atoms with Crippen LogP contribution in [0.3, 0.4) is 0 Å². The van der Waals surface area contributed by atoms with Gasteiger partial charge in [0.15, 0.2) is 6.10 Å². The molecule has 0 fully saturated rings. The first-order valence-electron chi connectivity index (χ1n) is 11.9. The number of ether oxygens (including phenoxy) is 1. The van der Waals surface area contributed by atoms with Crippen LogP contribution in [0.15, 0.2) is 115 Å². The maximum absolute atomic E-state index is 13.7. The van der Waals surface area contributed by atoms with Gasteiger partial charge >= 0.3 is 5.97 Å². The summed E-state index contributed by atoms with van der Waals surface area (Å²) in [5.41, 5.74) is 2.30. The highest BCUT2D eigenvalue weighted by atomic mass is 35.5. The van der Waals surface area contributed by atoms with E-state index < -0.39 is 22.8 Å². The Bertz CT molecular complexity index is 1630. The first kappa shape index (κ1) is 25.6. The van der Waals surface area contributed by atoms with Crippen LogP contribution in [-0.2, 0) is 4.74 Å². The minimum absolute atomic E-state index is 0.133. The van der Waals surface area contributed by atoms with Crippen molar-refractivity contribution in [2.75, 3.05) is 0 Å². The van der Waals surface area contributed by atoms with Crippen molar-refractivity contribution in [1.82, 2.24) is 9.78 Å². The molecule has 39 heavy (non-hydrogen) atoms. The molecule has 0 saturated carbocycles. The summed E-state index contributed by atoms with van der Waals surface area (Å²) in [6.07, 6.45) is 0.195. The summed E-state index contributed by atoms with van der Waals surface area (Å²) >= 11 is 6.07. The molecule has 9 heteroatoms. The molecule has 8 nitrogen and oxygen atoms in total. The van der Waals surface area contributed by atoms with Crippen molar-refractivity contribution in [1.29, 1.82) is 0 Å². The van der Waals surface area contributed by atoms with Gasteiger partial charge in [0.2, 0.25) is 5.78 Å². The maximum atomic E-state index is 13.7. The fourth-order valence-electron chi connectivity index (χ4n) is 4.03. The number of aromatic nitrogens is 2. The molecule has 0 amide bonds. The number of hydrogen-bond donors (Lipinski definition) is 0. The lowest BCUT2D eigenvalue weighted by Gasteiger charge is -2.17. The predicted octanol–water partition coefficient (Wildman–Crippen LogP) is 6.88. The number of halogens is 1. The van der Waals surface area contributed by atoms with Gasteiger partial charge in [0.05, 0.1) is 10.6 Å². The number of Topliss-reactive ketones (excluding diaryl/α,β-unsaturated/α-hetero) is 1. The zero-order chi connectivity index (χ0) is 27.4. The molecule has 1 heterocycles. The third-order valence-corrected chi connectivity index (χ3v) is 6.25. The molecule has 0 aliphatic rings. The van der Waals surface area contributed by atoms with E-state index in [1.165, 1.54) is 24.3 Å². The van der Waals surface area contributed by atoms with Crippen LogP contribution in [0.5, 0.6) is 0 Å². The van der Waals surface area contributed by atoms with Gasteiger partial charge in [-0.25, -0.2) is 9.48 Å². The number of esters is 1. The van der Waals surface area contributed by atoms with Crippen LogP contribution in [0.2, 0.25) is 5.02 Å². The molecular formula is C30H20ClN3O5. The molecule has 5 rings (SSSR count). The van der Waals surface area contributed by atoms with E-state index in [0.717, 1.165) is 5.69 Å². The Balaban J connectivity index is 1.56. The van der Waals surface area contributed by atoms with Crippen LogP contribution < -0.4 is 0 Å². The number of nitrogens with zero attached hydrogens (tertiary/aromatic N) is 3. The van der Waals surface area contributed by atoms with Crippen molar-refractivity contribution in [3.63, 3.8) is 0 Å². The third-order valence-electron chi connectivity index (χ3n) is 6.00. The van der Waals surface area contributed by atoms with E-state index in [1.54, 1.807) is 65.5 Å². The molecular weight excluding hydrogens is 518 g/mol. The van der Waals surface area contributed by atoms with E-state index in [-0.39, 0.29) is 11.3 Å². The minimum Gasteiger partial charge on any atom is -0.445 e. The van der Waals surface area contributed by atoms with Crippen LogP contribution in [0.1, 0.15) is 32.4 Å². The van der Waals surface area contributed by atoms with Crippen LogP contribution in [0.25, 0.3) is 16.9 Å².